The summed E-state index contributed by atoms with van der Waals surface area (Å²) in [5.74, 6) is 1.95. The van der Waals surface area contributed by atoms with Crippen LogP contribution in [0, 0.1) is 5.82 Å². The minimum Gasteiger partial charge on any atom is -0.488 e. The third-order valence-corrected chi connectivity index (χ3v) is 7.43. The third kappa shape index (κ3) is 7.36. The zero-order valence-corrected chi connectivity index (χ0v) is 26.6. The average molecular weight is 631 g/mol. The summed E-state index contributed by atoms with van der Waals surface area (Å²) < 4.78 is 21.9. The number of nitrogens with one attached hydrogen (secondary N) is 3. The molecule has 3 aromatic carbocycles. The third-order valence-electron chi connectivity index (χ3n) is 7.43. The van der Waals surface area contributed by atoms with Crippen molar-refractivity contribution in [3.63, 3.8) is 0 Å². The van der Waals surface area contributed by atoms with Gasteiger partial charge in [0.15, 0.2) is 0 Å². The van der Waals surface area contributed by atoms with Gasteiger partial charge in [0.2, 0.25) is 0 Å². The molecule has 3 heterocycles. The maximum absolute atomic E-state index is 14.1. The molecule has 2 amide bonds. The number of anilines is 4. The summed E-state index contributed by atoms with van der Waals surface area (Å²) in [4.78, 5) is 26.5. The zero-order valence-electron chi connectivity index (χ0n) is 26.6. The molecule has 47 heavy (non-hydrogen) atoms. The number of hydrogen-bond donors (Lipinski definition) is 3. The number of carbonyl (C=O) groups excluding carboxylic acids is 1. The van der Waals surface area contributed by atoms with Crippen molar-refractivity contribution in [2.45, 2.75) is 46.1 Å². The second kappa shape index (κ2) is 13.3. The predicted octanol–water partition coefficient (Wildman–Crippen LogP) is 8.18. The van der Waals surface area contributed by atoms with Crippen LogP contribution >= 0.6 is 0 Å². The first kappa shape index (κ1) is 31.2. The lowest BCUT2D eigenvalue weighted by Crippen LogP contribution is -2.21. The van der Waals surface area contributed by atoms with Gasteiger partial charge < -0.3 is 15.4 Å². The van der Waals surface area contributed by atoms with Crippen LogP contribution in [0.15, 0.2) is 97.5 Å². The first-order valence-corrected chi connectivity index (χ1v) is 15.3. The normalized spacial score (nSPS) is 11.3. The SMILES string of the molecule is CCc1cncc(Nc2cc(COc3ccc(NC(=O)Nc4cc(C(C)(C)C)nn4-c4cccc(F)c4)c4ccccc34)ccn2)n1. The molecule has 0 saturated heterocycles. The molecule has 0 atom stereocenters. The summed E-state index contributed by atoms with van der Waals surface area (Å²) >= 11 is 0. The topological polar surface area (TPSA) is 119 Å². The Morgan fingerprint density at radius 3 is 2.53 bits per heavy atom. The molecule has 0 aliphatic rings. The van der Waals surface area contributed by atoms with E-state index < -0.39 is 11.8 Å². The van der Waals surface area contributed by atoms with Crippen molar-refractivity contribution < 1.29 is 13.9 Å². The largest absolute Gasteiger partial charge is 0.488 e. The minimum atomic E-state index is -0.465. The zero-order chi connectivity index (χ0) is 33.0. The number of pyridine rings is 1. The number of aromatic nitrogens is 5. The van der Waals surface area contributed by atoms with Crippen LogP contribution in [0.5, 0.6) is 5.75 Å². The molecule has 3 N–H and O–H groups in total. The second-order valence-electron chi connectivity index (χ2n) is 12.0. The number of halogens is 1. The number of amides is 2. The van der Waals surface area contributed by atoms with E-state index in [2.05, 4.69) is 36.0 Å². The van der Waals surface area contributed by atoms with E-state index in [0.717, 1.165) is 34.1 Å². The Bertz CT molecular complexity index is 2050. The lowest BCUT2D eigenvalue weighted by Gasteiger charge is -2.15. The van der Waals surface area contributed by atoms with Crippen LogP contribution in [0.2, 0.25) is 0 Å². The van der Waals surface area contributed by atoms with Gasteiger partial charge in [0.1, 0.15) is 35.6 Å². The monoisotopic (exact) mass is 630 g/mol. The second-order valence-corrected chi connectivity index (χ2v) is 12.0. The van der Waals surface area contributed by atoms with E-state index in [1.807, 2.05) is 70.2 Å². The fourth-order valence-corrected chi connectivity index (χ4v) is 4.98. The summed E-state index contributed by atoms with van der Waals surface area (Å²) in [7, 11) is 0. The fourth-order valence-electron chi connectivity index (χ4n) is 4.98. The lowest BCUT2D eigenvalue weighted by atomic mass is 9.92. The molecule has 238 valence electrons. The molecule has 0 aliphatic heterocycles. The molecule has 11 heteroatoms. The molecule has 0 unspecified atom stereocenters. The van der Waals surface area contributed by atoms with E-state index >= 15 is 0 Å². The number of ether oxygens (including phenoxy) is 1. The van der Waals surface area contributed by atoms with Crippen molar-refractivity contribution in [1.82, 2.24) is 24.7 Å². The van der Waals surface area contributed by atoms with Crippen LogP contribution in [-0.2, 0) is 18.4 Å². The molecule has 0 fully saturated rings. The highest BCUT2D eigenvalue weighted by molar-refractivity contribution is 6.07. The number of fused-ring (bicyclic) bond motifs is 1. The quantitative estimate of drug-likeness (QED) is 0.147. The maximum atomic E-state index is 14.1. The van der Waals surface area contributed by atoms with E-state index in [1.54, 1.807) is 42.9 Å². The standard InChI is InChI=1S/C36H35FN8O2/c1-5-25-20-38-21-33(40-25)42-32-17-23(15-16-39-32)22-47-30-14-13-29(27-11-6-7-12-28(27)30)41-35(46)43-34-19-31(36(2,3)4)44-45(34)26-10-8-9-24(37)18-26/h6-21H,5,22H2,1-4H3,(H,39,40,42)(H2,41,43,46). The van der Waals surface area contributed by atoms with Gasteiger partial charge in [-0.15, -0.1) is 0 Å². The van der Waals surface area contributed by atoms with Crippen LogP contribution in [0.3, 0.4) is 0 Å². The summed E-state index contributed by atoms with van der Waals surface area (Å²) in [6.45, 7) is 8.40. The average Bonchev–Trinajstić information content (AvgIpc) is 3.49. The van der Waals surface area contributed by atoms with Gasteiger partial charge in [0.25, 0.3) is 0 Å². The van der Waals surface area contributed by atoms with E-state index in [1.165, 1.54) is 16.8 Å². The van der Waals surface area contributed by atoms with Crippen molar-refractivity contribution in [3.8, 4) is 11.4 Å². The van der Waals surface area contributed by atoms with Crippen molar-refractivity contribution in [3.05, 3.63) is 120 Å². The Hall–Kier alpha value is -5.84. The molecule has 3 aromatic heterocycles. The van der Waals surface area contributed by atoms with Crippen molar-refractivity contribution in [1.29, 1.82) is 0 Å². The van der Waals surface area contributed by atoms with Crippen molar-refractivity contribution in [2.24, 2.45) is 0 Å². The van der Waals surface area contributed by atoms with E-state index in [-0.39, 0.29) is 5.41 Å². The van der Waals surface area contributed by atoms with Crippen molar-refractivity contribution in [2.75, 3.05) is 16.0 Å². The molecular weight excluding hydrogens is 595 g/mol. The number of nitrogens with zero attached hydrogens (tertiary/aromatic N) is 5. The molecule has 0 radical (unpaired) electrons. The number of aryl methyl sites for hydroxylation is 1. The van der Waals surface area contributed by atoms with Crippen LogP contribution in [0.25, 0.3) is 16.5 Å². The molecule has 6 rings (SSSR count). The minimum absolute atomic E-state index is 0.291. The van der Waals surface area contributed by atoms with Gasteiger partial charge in [0, 0.05) is 34.6 Å². The van der Waals surface area contributed by atoms with Crippen LogP contribution in [0.1, 0.15) is 44.6 Å². The molecule has 0 aliphatic carbocycles. The van der Waals surface area contributed by atoms with Crippen molar-refractivity contribution >= 4 is 39.9 Å². The molecular formula is C36H35FN8O2. The first-order valence-electron chi connectivity index (χ1n) is 15.3. The summed E-state index contributed by atoms with van der Waals surface area (Å²) in [6, 6.07) is 22.5. The highest BCUT2D eigenvalue weighted by Crippen LogP contribution is 2.33. The Labute approximate surface area is 272 Å². The number of carbonyl (C=O) groups is 1. The Kier molecular flexibility index (Phi) is 8.79. The van der Waals surface area contributed by atoms with E-state index in [4.69, 9.17) is 4.74 Å². The number of benzene rings is 3. The summed E-state index contributed by atoms with van der Waals surface area (Å²) in [6.07, 6.45) is 5.91. The summed E-state index contributed by atoms with van der Waals surface area (Å²) in [5, 5.41) is 15.4. The van der Waals surface area contributed by atoms with E-state index in [9.17, 15) is 9.18 Å². The first-order chi connectivity index (χ1) is 22.7. The van der Waals surface area contributed by atoms with Gasteiger partial charge >= 0.3 is 6.03 Å². The molecule has 0 bridgehead atoms. The van der Waals surface area contributed by atoms with Gasteiger partial charge in [-0.3, -0.25) is 10.3 Å². The molecule has 0 saturated carbocycles. The Morgan fingerprint density at radius 2 is 1.74 bits per heavy atom. The van der Waals surface area contributed by atoms with Crippen LogP contribution < -0.4 is 20.7 Å². The smallest absolute Gasteiger partial charge is 0.324 e. The fraction of sp³-hybridized carbons (Fsp3) is 0.194. The summed E-state index contributed by atoms with van der Waals surface area (Å²) in [5.41, 5.74) is 3.37. The lowest BCUT2D eigenvalue weighted by molar-refractivity contribution is 0.262. The predicted molar refractivity (Wildman–Crippen MR) is 182 cm³/mol. The maximum Gasteiger partial charge on any atom is 0.324 e. The molecule has 0 spiro atoms. The van der Waals surface area contributed by atoms with Crippen LogP contribution in [-0.4, -0.2) is 30.8 Å². The Balaban J connectivity index is 1.18. The number of hydrogen-bond acceptors (Lipinski definition) is 7. The number of urea groups is 1. The highest BCUT2D eigenvalue weighted by Gasteiger charge is 2.22. The van der Waals surface area contributed by atoms with E-state index in [0.29, 0.717) is 41.2 Å². The molecule has 10 nitrogen and oxygen atoms in total. The molecule has 6 aromatic rings. The highest BCUT2D eigenvalue weighted by atomic mass is 19.1. The Morgan fingerprint density at radius 1 is 0.915 bits per heavy atom. The van der Waals surface area contributed by atoms with Gasteiger partial charge in [-0.1, -0.05) is 58.0 Å². The van der Waals surface area contributed by atoms with Crippen LogP contribution in [0.4, 0.5) is 32.3 Å². The van der Waals surface area contributed by atoms with Gasteiger partial charge in [-0.25, -0.2) is 23.8 Å². The number of rotatable bonds is 9. The van der Waals surface area contributed by atoms with Gasteiger partial charge in [-0.2, -0.15) is 5.10 Å². The van der Waals surface area contributed by atoms with Gasteiger partial charge in [-0.05, 0) is 54.4 Å². The van der Waals surface area contributed by atoms with Gasteiger partial charge in [0.05, 0.1) is 29.0 Å².